The van der Waals surface area contributed by atoms with Crippen LogP contribution < -0.4 is 33.2 Å². The van der Waals surface area contributed by atoms with Crippen LogP contribution in [0.15, 0.2) is 272 Å². The maximum atomic E-state index is 7.92. The smallest absolute Gasteiger partial charge is 0.439 e. The topological polar surface area (TPSA) is 201 Å². The number of benzene rings is 12. The lowest BCUT2D eigenvalue weighted by Crippen LogP contribution is -2.57. The molecule has 3 aliphatic heterocycles. The first-order valence-electron chi connectivity index (χ1n) is 34.4. The fraction of sp³-hybridized carbons (Fsp3) is 0.119. The minimum Gasteiger partial charge on any atom is -0.487 e. The second-order valence-electron chi connectivity index (χ2n) is 26.4. The summed E-state index contributed by atoms with van der Waals surface area (Å²) in [6, 6.07) is 81.5. The predicted molar refractivity (Wildman–Crippen MR) is 389 cm³/mol. The largest absolute Gasteiger partial charge is 0.487 e. The van der Waals surface area contributed by atoms with Crippen LogP contribution in [-0.4, -0.2) is 65.9 Å². The molecule has 20 nitrogen and oxygen atoms in total. The average Bonchev–Trinajstić information content (AvgIpc) is 1.47. The summed E-state index contributed by atoms with van der Waals surface area (Å²) in [5, 5.41) is 43.7. The molecular formula is C84H60N12O8. The van der Waals surface area contributed by atoms with E-state index in [4.69, 9.17) is 37.6 Å². The lowest BCUT2D eigenvalue weighted by molar-refractivity contribution is -0.253. The number of nitrogens with zero attached hydrogens (tertiary/aromatic N) is 12. The summed E-state index contributed by atoms with van der Waals surface area (Å²) in [7, 11) is 0. The standard InChI is InChI=1S/C84H60N12O8/c1-5-13-53(14-6-1)41-93-45-61(85-89-93)49-97-65-29-21-57-25-33-73-77(69(57)37-65)79-78-70-38-66(98-50-62-46-94(90-86-62)42-54-15-7-2-8-16-54)30-22-58(70)26-34-74(78)102-84-83(82(79)101-73,80-71-39-67(31-23-59(71)27-35-75(80)103-84)99-51-63-47-95(91-87-63)43-55-17-9-3-10-18-55)81-72-40-68(32-24-60(72)28-36-76(81)104-84)100-52-64-48-96(92-88-64)44-56-19-11-4-12-20-56/h1-40,45-48H,41-44,49-52H2. The summed E-state index contributed by atoms with van der Waals surface area (Å²) in [4.78, 5) is 0. The number of furan rings is 1. The summed E-state index contributed by atoms with van der Waals surface area (Å²) in [6.45, 7) is 2.90. The van der Waals surface area contributed by atoms with Gasteiger partial charge in [-0.05, 0) is 138 Å². The van der Waals surface area contributed by atoms with E-state index in [0.717, 1.165) is 93.0 Å². The zero-order valence-electron chi connectivity index (χ0n) is 55.7. The molecular weight excluding hydrogens is 1300 g/mol. The Morgan fingerprint density at radius 1 is 0.317 bits per heavy atom. The van der Waals surface area contributed by atoms with E-state index in [2.05, 4.69) is 163 Å². The highest BCUT2D eigenvalue weighted by molar-refractivity contribution is 6.19. The fourth-order valence-electron chi connectivity index (χ4n) is 15.0. The van der Waals surface area contributed by atoms with Crippen molar-refractivity contribution in [1.82, 2.24) is 60.0 Å². The maximum Gasteiger partial charge on any atom is 0.439 e. The first kappa shape index (κ1) is 60.3. The van der Waals surface area contributed by atoms with E-state index in [9.17, 15) is 0 Å². The third-order valence-electron chi connectivity index (χ3n) is 19.7. The summed E-state index contributed by atoms with van der Waals surface area (Å²) in [6.07, 6.45) is 7.67. The van der Waals surface area contributed by atoms with E-state index >= 15 is 0 Å². The molecule has 12 aromatic carbocycles. The van der Waals surface area contributed by atoms with Crippen LogP contribution in [0.1, 0.15) is 61.9 Å². The van der Waals surface area contributed by atoms with Gasteiger partial charge < -0.3 is 37.6 Å². The van der Waals surface area contributed by atoms with Gasteiger partial charge in [0, 0.05) is 27.6 Å². The van der Waals surface area contributed by atoms with Crippen LogP contribution in [0.2, 0.25) is 0 Å². The van der Waals surface area contributed by atoms with E-state index in [1.165, 1.54) is 0 Å². The van der Waals surface area contributed by atoms with Crippen LogP contribution >= 0.6 is 0 Å². The Hall–Kier alpha value is -13.6. The van der Waals surface area contributed by atoms with Gasteiger partial charge in [0.1, 0.15) is 101 Å². The van der Waals surface area contributed by atoms with Gasteiger partial charge in [-0.3, -0.25) is 0 Å². The van der Waals surface area contributed by atoms with Crippen molar-refractivity contribution in [3.05, 3.63) is 329 Å². The Bertz CT molecular complexity index is 5980. The van der Waals surface area contributed by atoms with Gasteiger partial charge in [-0.2, -0.15) is 0 Å². The van der Waals surface area contributed by atoms with E-state index in [1.807, 2.05) is 165 Å². The molecule has 0 amide bonds. The number of ether oxygens (including phenoxy) is 7. The van der Waals surface area contributed by atoms with Crippen LogP contribution in [0.5, 0.6) is 40.2 Å². The van der Waals surface area contributed by atoms with Crippen molar-refractivity contribution in [1.29, 1.82) is 0 Å². The van der Waals surface area contributed by atoms with Crippen molar-refractivity contribution in [2.24, 2.45) is 0 Å². The van der Waals surface area contributed by atoms with E-state index in [1.54, 1.807) is 0 Å². The van der Waals surface area contributed by atoms with Crippen LogP contribution in [0.25, 0.3) is 65.2 Å². The number of hydrogen-bond donors (Lipinski definition) is 0. The number of aromatic nitrogens is 12. The van der Waals surface area contributed by atoms with Crippen LogP contribution in [0.3, 0.4) is 0 Å². The first-order chi connectivity index (χ1) is 51.3. The molecule has 8 heterocycles. The molecule has 0 radical (unpaired) electrons. The van der Waals surface area contributed by atoms with Crippen LogP contribution in [-0.2, 0) is 58.0 Å². The third-order valence-corrected chi connectivity index (χ3v) is 19.7. The van der Waals surface area contributed by atoms with E-state index in [-0.39, 0.29) is 26.4 Å². The van der Waals surface area contributed by atoms with Crippen molar-refractivity contribution < 1.29 is 37.6 Å². The van der Waals surface area contributed by atoms with Crippen molar-refractivity contribution in [2.75, 3.05) is 0 Å². The van der Waals surface area contributed by atoms with Gasteiger partial charge in [0.05, 0.1) is 51.0 Å². The summed E-state index contributed by atoms with van der Waals surface area (Å²) in [5.41, 5.74) is 9.05. The molecule has 17 aromatic rings. The predicted octanol–water partition coefficient (Wildman–Crippen LogP) is 15.8. The van der Waals surface area contributed by atoms with Gasteiger partial charge in [-0.15, -0.1) is 20.4 Å². The molecule has 0 bridgehead atoms. The van der Waals surface area contributed by atoms with Crippen molar-refractivity contribution >= 4 is 54.1 Å². The summed E-state index contributed by atoms with van der Waals surface area (Å²) < 4.78 is 65.3. The molecule has 20 heteroatoms. The van der Waals surface area contributed by atoms with Gasteiger partial charge in [-0.1, -0.05) is 191 Å². The molecule has 0 spiro atoms. The van der Waals surface area contributed by atoms with Gasteiger partial charge in [-0.25, -0.2) is 18.7 Å². The quantitative estimate of drug-likeness (QED) is 0.0697. The van der Waals surface area contributed by atoms with Crippen molar-refractivity contribution in [3.8, 4) is 51.4 Å². The van der Waals surface area contributed by atoms with Crippen molar-refractivity contribution in [3.63, 3.8) is 0 Å². The zero-order valence-corrected chi connectivity index (χ0v) is 55.7. The van der Waals surface area contributed by atoms with Gasteiger partial charge in [0.15, 0.2) is 0 Å². The second-order valence-corrected chi connectivity index (χ2v) is 26.4. The second kappa shape index (κ2) is 24.6. The lowest BCUT2D eigenvalue weighted by atomic mass is 9.68. The number of hydrogen-bond acceptors (Lipinski definition) is 16. The molecule has 0 saturated heterocycles. The molecule has 0 fully saturated rings. The average molecular weight is 1370 g/mol. The Morgan fingerprint density at radius 2 is 0.644 bits per heavy atom. The van der Waals surface area contributed by atoms with Gasteiger partial charge in [0.2, 0.25) is 5.41 Å². The fourth-order valence-corrected chi connectivity index (χ4v) is 15.0. The minimum absolute atomic E-state index is 0.149. The third kappa shape index (κ3) is 10.6. The molecule has 104 heavy (non-hydrogen) atoms. The SMILES string of the molecule is c1ccc(Cn2cc(COc3ccc4ccc5c(c4c3)-c3c(oc4ccc6ccc(OCc7cn(Cc8ccccc8)nn7)cc6c34)C34c6c(ccc7ccc(OCc8cn(Cc9ccccc9)nn8)cc67)OC3(O5)Oc3ccc5ccc(OCc6cn(Cc7ccccc7)nn6)cc5c34)nn2)cc1. The van der Waals surface area contributed by atoms with E-state index in [0.29, 0.717) is 101 Å². The molecule has 20 rings (SSSR count). The minimum atomic E-state index is -2.02. The van der Waals surface area contributed by atoms with Crippen molar-refractivity contribution in [2.45, 2.75) is 64.0 Å². The molecule has 0 unspecified atom stereocenters. The van der Waals surface area contributed by atoms with Gasteiger partial charge >= 0.3 is 5.97 Å². The molecule has 0 atom stereocenters. The lowest BCUT2D eigenvalue weighted by Gasteiger charge is -2.34. The highest BCUT2D eigenvalue weighted by Gasteiger charge is 2.77. The molecule has 0 N–H and O–H groups in total. The summed E-state index contributed by atoms with van der Waals surface area (Å²) in [5.74, 6) is 2.36. The monoisotopic (exact) mass is 1360 g/mol. The number of fused-ring (bicyclic) bond motifs is 15. The van der Waals surface area contributed by atoms with Gasteiger partial charge in [0.25, 0.3) is 0 Å². The Balaban J connectivity index is 0.774. The normalized spacial score (nSPS) is 15.3. The highest BCUT2D eigenvalue weighted by atomic mass is 16.9. The summed E-state index contributed by atoms with van der Waals surface area (Å²) >= 11 is 0. The Morgan fingerprint density at radius 3 is 1.05 bits per heavy atom. The van der Waals surface area contributed by atoms with Crippen LogP contribution in [0, 0.1) is 0 Å². The van der Waals surface area contributed by atoms with Crippen LogP contribution in [0.4, 0.5) is 0 Å². The first-order valence-corrected chi connectivity index (χ1v) is 34.4. The molecule has 3 aliphatic rings. The maximum absolute atomic E-state index is 7.92. The van der Waals surface area contributed by atoms with E-state index < -0.39 is 11.4 Å². The Labute approximate surface area is 593 Å². The highest BCUT2D eigenvalue weighted by Crippen LogP contribution is 2.70. The molecule has 504 valence electrons. The zero-order chi connectivity index (χ0) is 68.7. The molecule has 0 aliphatic carbocycles. The number of rotatable bonds is 20. The molecule has 0 saturated carbocycles. The Kier molecular flexibility index (Phi) is 14.3. The molecule has 5 aromatic heterocycles.